The number of carbonyl (C=O) groups is 3. The number of benzene rings is 1. The van der Waals surface area contributed by atoms with E-state index in [-0.39, 0.29) is 41.7 Å². The normalized spacial score (nSPS) is 13.9. The fourth-order valence-corrected chi connectivity index (χ4v) is 4.05. The van der Waals surface area contributed by atoms with E-state index in [0.29, 0.717) is 18.8 Å². The summed E-state index contributed by atoms with van der Waals surface area (Å²) in [6.45, 7) is 3.09. The van der Waals surface area contributed by atoms with Gasteiger partial charge in [-0.2, -0.15) is 0 Å². The van der Waals surface area contributed by atoms with Crippen LogP contribution in [0.25, 0.3) is 0 Å². The fraction of sp³-hybridized carbons (Fsp3) is 0.625. The van der Waals surface area contributed by atoms with Crippen LogP contribution in [0.4, 0.5) is 5.69 Å². The predicted octanol–water partition coefficient (Wildman–Crippen LogP) is 4.81. The van der Waals surface area contributed by atoms with E-state index in [4.69, 9.17) is 9.47 Å². The molecule has 9 heteroatoms. The molecule has 1 amide bonds. The maximum atomic E-state index is 12.7. The minimum Gasteiger partial charge on any atom is -0.494 e. The number of esters is 1. The van der Waals surface area contributed by atoms with Crippen LogP contribution in [0.2, 0.25) is 0 Å². The molecule has 33 heavy (non-hydrogen) atoms. The van der Waals surface area contributed by atoms with E-state index in [1.165, 1.54) is 38.5 Å². The maximum Gasteiger partial charge on any atom is 0.304 e. The third-order valence-corrected chi connectivity index (χ3v) is 5.84. The summed E-state index contributed by atoms with van der Waals surface area (Å²) in [6, 6.07) is 4.33. The average Bonchev–Trinajstić information content (AvgIpc) is 2.78. The zero-order valence-electron chi connectivity index (χ0n) is 19.5. The quantitative estimate of drug-likeness (QED) is 0.103. The van der Waals surface area contributed by atoms with Gasteiger partial charge in [0.05, 0.1) is 17.1 Å². The second-order valence-corrected chi connectivity index (χ2v) is 8.43. The molecule has 1 aliphatic carbocycles. The Kier molecular flexibility index (Phi) is 10.8. The lowest BCUT2D eigenvalue weighted by Crippen LogP contribution is -2.43. The monoisotopic (exact) mass is 462 g/mol. The number of nitro groups is 1. The molecule has 1 aliphatic rings. The molecule has 0 saturated heterocycles. The van der Waals surface area contributed by atoms with E-state index in [9.17, 15) is 24.5 Å². The molecule has 9 nitrogen and oxygen atoms in total. The number of nitrogens with zero attached hydrogens (tertiary/aromatic N) is 2. The van der Waals surface area contributed by atoms with Crippen molar-refractivity contribution in [1.82, 2.24) is 4.90 Å². The summed E-state index contributed by atoms with van der Waals surface area (Å²) in [5.41, 5.74) is -0.192. The minimum atomic E-state index is -0.580. The summed E-state index contributed by atoms with van der Waals surface area (Å²) >= 11 is 0. The molecule has 1 saturated carbocycles. The number of amides is 1. The van der Waals surface area contributed by atoms with E-state index in [1.54, 1.807) is 4.90 Å². The Morgan fingerprint density at radius 2 is 1.76 bits per heavy atom. The van der Waals surface area contributed by atoms with Crippen LogP contribution in [0.1, 0.15) is 88.4 Å². The van der Waals surface area contributed by atoms with Gasteiger partial charge in [0.2, 0.25) is 5.91 Å². The molecule has 0 N–H and O–H groups in total. The van der Waals surface area contributed by atoms with Crippen LogP contribution in [0.5, 0.6) is 5.75 Å². The topological polar surface area (TPSA) is 116 Å². The van der Waals surface area contributed by atoms with E-state index in [0.717, 1.165) is 51.4 Å². The van der Waals surface area contributed by atoms with Crippen molar-refractivity contribution in [2.45, 2.75) is 84.1 Å². The van der Waals surface area contributed by atoms with Gasteiger partial charge >= 0.3 is 5.97 Å². The highest BCUT2D eigenvalue weighted by Gasteiger charge is 2.25. The molecular weight excluding hydrogens is 428 g/mol. The second-order valence-electron chi connectivity index (χ2n) is 8.43. The van der Waals surface area contributed by atoms with Crippen LogP contribution in [0, 0.1) is 10.1 Å². The first-order valence-corrected chi connectivity index (χ1v) is 11.6. The molecule has 0 aromatic heterocycles. The number of Topliss-reactive ketones (excluding diaryl/α,β-unsaturated/α-hetero) is 1. The fourth-order valence-electron chi connectivity index (χ4n) is 4.05. The number of unbranched alkanes of at least 4 members (excludes halogenated alkanes) is 3. The largest absolute Gasteiger partial charge is 0.494 e. The van der Waals surface area contributed by atoms with Gasteiger partial charge in [-0.1, -0.05) is 32.1 Å². The van der Waals surface area contributed by atoms with Crippen LogP contribution < -0.4 is 4.74 Å². The summed E-state index contributed by atoms with van der Waals surface area (Å²) in [7, 11) is 0. The molecule has 0 unspecified atom stereocenters. The first-order valence-electron chi connectivity index (χ1n) is 11.6. The second kappa shape index (κ2) is 13.5. The Morgan fingerprint density at radius 3 is 2.39 bits per heavy atom. The summed E-state index contributed by atoms with van der Waals surface area (Å²) in [4.78, 5) is 47.7. The Balaban J connectivity index is 1.71. The van der Waals surface area contributed by atoms with Crippen molar-refractivity contribution >= 4 is 23.3 Å². The molecular formula is C24H34N2O7. The number of nitro benzene ring substituents is 1. The molecule has 1 aromatic rings. The number of hydrogen-bond acceptors (Lipinski definition) is 7. The Hall–Kier alpha value is -2.97. The number of ether oxygens (including phenoxy) is 2. The summed E-state index contributed by atoms with van der Waals surface area (Å²) < 4.78 is 10.7. The van der Waals surface area contributed by atoms with Crippen LogP contribution >= 0.6 is 0 Å². The molecule has 1 aromatic carbocycles. The van der Waals surface area contributed by atoms with Crippen LogP contribution in [-0.4, -0.2) is 46.9 Å². The van der Waals surface area contributed by atoms with Gasteiger partial charge in [0.15, 0.2) is 12.5 Å². The van der Waals surface area contributed by atoms with Gasteiger partial charge in [0, 0.05) is 25.5 Å². The Labute approximate surface area is 194 Å². The minimum absolute atomic E-state index is 0.0297. The van der Waals surface area contributed by atoms with Gasteiger partial charge in [0.1, 0.15) is 5.75 Å². The lowest BCUT2D eigenvalue weighted by molar-refractivity contribution is -0.385. The van der Waals surface area contributed by atoms with Gasteiger partial charge in [0.25, 0.3) is 5.69 Å². The summed E-state index contributed by atoms with van der Waals surface area (Å²) in [5.74, 6) is -0.309. The van der Waals surface area contributed by atoms with Gasteiger partial charge < -0.3 is 14.4 Å². The number of carbonyl (C=O) groups excluding carboxylic acids is 3. The highest BCUT2D eigenvalue weighted by Crippen LogP contribution is 2.25. The van der Waals surface area contributed by atoms with E-state index < -0.39 is 4.92 Å². The SMILES string of the molecule is CC(=O)OCN(C(=O)CCCCCCOc1ccc([N+](=O)[O-])c(C(C)=O)c1)C1CCCCC1. The van der Waals surface area contributed by atoms with Crippen LogP contribution in [-0.2, 0) is 14.3 Å². The smallest absolute Gasteiger partial charge is 0.304 e. The van der Waals surface area contributed by atoms with E-state index >= 15 is 0 Å². The van der Waals surface area contributed by atoms with E-state index in [1.807, 2.05) is 0 Å². The molecule has 0 aliphatic heterocycles. The van der Waals surface area contributed by atoms with Crippen molar-refractivity contribution in [2.75, 3.05) is 13.3 Å². The molecule has 0 spiro atoms. The Bertz CT molecular complexity index is 834. The van der Waals surface area contributed by atoms with E-state index in [2.05, 4.69) is 0 Å². The summed E-state index contributed by atoms with van der Waals surface area (Å²) in [5, 5.41) is 11.0. The van der Waals surface area contributed by atoms with Crippen molar-refractivity contribution in [1.29, 1.82) is 0 Å². The molecule has 0 bridgehead atoms. The maximum absolute atomic E-state index is 12.7. The standard InChI is InChI=1S/C24H34N2O7/c1-18(27)22-16-21(13-14-23(22)26(30)31)32-15-9-4-3-8-12-24(29)25(17-33-19(2)28)20-10-6-5-7-11-20/h13-14,16,20H,3-12,15,17H2,1-2H3. The molecule has 1 fully saturated rings. The van der Waals surface area contributed by atoms with Crippen LogP contribution in [0.15, 0.2) is 18.2 Å². The lowest BCUT2D eigenvalue weighted by atomic mass is 9.94. The van der Waals surface area contributed by atoms with Crippen molar-refractivity contribution in [3.63, 3.8) is 0 Å². The number of hydrogen-bond donors (Lipinski definition) is 0. The van der Waals surface area contributed by atoms with Crippen molar-refractivity contribution in [3.8, 4) is 5.75 Å². The first-order chi connectivity index (χ1) is 15.8. The highest BCUT2D eigenvalue weighted by atomic mass is 16.6. The molecule has 0 heterocycles. The zero-order valence-corrected chi connectivity index (χ0v) is 19.5. The molecule has 0 atom stereocenters. The van der Waals surface area contributed by atoms with Crippen molar-refractivity contribution < 1.29 is 28.8 Å². The summed E-state index contributed by atoms with van der Waals surface area (Å²) in [6.07, 6.45) is 8.94. The average molecular weight is 463 g/mol. The number of rotatable bonds is 13. The van der Waals surface area contributed by atoms with Gasteiger partial charge in [-0.15, -0.1) is 0 Å². The zero-order chi connectivity index (χ0) is 24.2. The number of ketones is 1. The lowest BCUT2D eigenvalue weighted by Gasteiger charge is -2.33. The van der Waals surface area contributed by atoms with Gasteiger partial charge in [-0.05, 0) is 44.7 Å². The molecule has 0 radical (unpaired) electrons. The highest BCUT2D eigenvalue weighted by molar-refractivity contribution is 5.98. The van der Waals surface area contributed by atoms with Crippen LogP contribution in [0.3, 0.4) is 0 Å². The van der Waals surface area contributed by atoms with Crippen molar-refractivity contribution in [2.24, 2.45) is 0 Å². The van der Waals surface area contributed by atoms with Gasteiger partial charge in [-0.25, -0.2) is 0 Å². The van der Waals surface area contributed by atoms with Crippen molar-refractivity contribution in [3.05, 3.63) is 33.9 Å². The Morgan fingerprint density at radius 1 is 1.06 bits per heavy atom. The molecule has 2 rings (SSSR count). The third kappa shape index (κ3) is 8.82. The van der Waals surface area contributed by atoms with Gasteiger partial charge in [-0.3, -0.25) is 24.5 Å². The first kappa shape index (κ1) is 26.3. The molecule has 182 valence electrons. The predicted molar refractivity (Wildman–Crippen MR) is 122 cm³/mol. The third-order valence-electron chi connectivity index (χ3n) is 5.84.